The van der Waals surface area contributed by atoms with Crippen molar-refractivity contribution in [3.8, 4) is 0 Å². The first-order chi connectivity index (χ1) is 21.1. The first-order valence-electron chi connectivity index (χ1n) is 20.2. The summed E-state index contributed by atoms with van der Waals surface area (Å²) in [4.78, 5) is 2.40. The number of rotatable bonds is 37. The lowest BCUT2D eigenvalue weighted by molar-refractivity contribution is 0.0596. The second-order valence-corrected chi connectivity index (χ2v) is 14.2. The van der Waals surface area contributed by atoms with Gasteiger partial charge in [-0.15, -0.1) is 0 Å². The summed E-state index contributed by atoms with van der Waals surface area (Å²) < 4.78 is 0. The molecule has 0 fully saturated rings. The largest absolute Gasteiger partial charge is 0.392 e. The van der Waals surface area contributed by atoms with Gasteiger partial charge in [0, 0.05) is 13.1 Å². The third-order valence-corrected chi connectivity index (χ3v) is 9.55. The lowest BCUT2D eigenvalue weighted by Gasteiger charge is -2.27. The fourth-order valence-corrected chi connectivity index (χ4v) is 6.59. The fourth-order valence-electron chi connectivity index (χ4n) is 6.59. The third kappa shape index (κ3) is 34.6. The molecule has 2 atom stereocenters. The highest BCUT2D eigenvalue weighted by Gasteiger charge is 2.15. The van der Waals surface area contributed by atoms with E-state index >= 15 is 0 Å². The van der Waals surface area contributed by atoms with Gasteiger partial charge in [-0.3, -0.25) is 4.90 Å². The lowest BCUT2D eigenvalue weighted by Crippen LogP contribution is -2.38. The summed E-state index contributed by atoms with van der Waals surface area (Å²) in [7, 11) is 0. The zero-order valence-corrected chi connectivity index (χ0v) is 30.2. The smallest absolute Gasteiger partial charge is 0.0667 e. The molecular formula is C40H83NO2. The van der Waals surface area contributed by atoms with Gasteiger partial charge in [0.05, 0.1) is 12.2 Å². The van der Waals surface area contributed by atoms with Gasteiger partial charge in [0.1, 0.15) is 0 Å². The van der Waals surface area contributed by atoms with E-state index in [1.165, 1.54) is 180 Å². The van der Waals surface area contributed by atoms with Gasteiger partial charge in [0.2, 0.25) is 0 Å². The normalized spacial score (nSPS) is 13.3. The van der Waals surface area contributed by atoms with Gasteiger partial charge in [-0.1, -0.05) is 207 Å². The third-order valence-electron chi connectivity index (χ3n) is 9.55. The SMILES string of the molecule is CCCCCCCCCCCCC(O)CN(CCCCCCCCCCCC)CC(O)CCCCCCCCCCCC. The molecule has 0 bridgehead atoms. The van der Waals surface area contributed by atoms with Crippen molar-refractivity contribution in [2.75, 3.05) is 19.6 Å². The highest BCUT2D eigenvalue weighted by molar-refractivity contribution is 4.70. The molecule has 0 spiro atoms. The molecule has 43 heavy (non-hydrogen) atoms. The molecule has 0 aromatic carbocycles. The van der Waals surface area contributed by atoms with E-state index in [1.54, 1.807) is 0 Å². The second-order valence-electron chi connectivity index (χ2n) is 14.2. The highest BCUT2D eigenvalue weighted by Crippen LogP contribution is 2.16. The Bertz CT molecular complexity index is 467. The Hall–Kier alpha value is -0.120. The molecule has 0 heterocycles. The van der Waals surface area contributed by atoms with Crippen molar-refractivity contribution in [3.05, 3.63) is 0 Å². The minimum absolute atomic E-state index is 0.248. The van der Waals surface area contributed by atoms with Crippen molar-refractivity contribution in [1.29, 1.82) is 0 Å². The maximum atomic E-state index is 10.9. The summed E-state index contributed by atoms with van der Waals surface area (Å²) in [6.07, 6.45) is 41.7. The maximum absolute atomic E-state index is 10.9. The number of aliphatic hydroxyl groups is 2. The minimum Gasteiger partial charge on any atom is -0.392 e. The van der Waals surface area contributed by atoms with Gasteiger partial charge in [0.25, 0.3) is 0 Å². The molecule has 0 aromatic heterocycles. The Balaban J connectivity index is 4.19. The molecule has 3 nitrogen and oxygen atoms in total. The quantitative estimate of drug-likeness (QED) is 0.0689. The van der Waals surface area contributed by atoms with Gasteiger partial charge < -0.3 is 10.2 Å². The van der Waals surface area contributed by atoms with Crippen molar-refractivity contribution in [2.45, 2.75) is 238 Å². The number of hydrogen-bond acceptors (Lipinski definition) is 3. The topological polar surface area (TPSA) is 43.7 Å². The molecule has 0 amide bonds. The Morgan fingerprint density at radius 1 is 0.326 bits per heavy atom. The van der Waals surface area contributed by atoms with Gasteiger partial charge in [-0.25, -0.2) is 0 Å². The minimum atomic E-state index is -0.248. The molecular weight excluding hydrogens is 526 g/mol. The van der Waals surface area contributed by atoms with E-state index in [-0.39, 0.29) is 12.2 Å². The van der Waals surface area contributed by atoms with E-state index in [9.17, 15) is 10.2 Å². The first-order valence-corrected chi connectivity index (χ1v) is 20.2. The monoisotopic (exact) mass is 610 g/mol. The molecule has 0 saturated heterocycles. The summed E-state index contributed by atoms with van der Waals surface area (Å²) in [5.74, 6) is 0. The highest BCUT2D eigenvalue weighted by atomic mass is 16.3. The molecule has 0 rings (SSSR count). The van der Waals surface area contributed by atoms with Crippen molar-refractivity contribution in [2.24, 2.45) is 0 Å². The molecule has 0 aliphatic carbocycles. The zero-order valence-electron chi connectivity index (χ0n) is 30.2. The summed E-state index contributed by atoms with van der Waals surface area (Å²) in [6.45, 7) is 9.37. The van der Waals surface area contributed by atoms with Crippen LogP contribution < -0.4 is 0 Å². The van der Waals surface area contributed by atoms with Crippen molar-refractivity contribution in [1.82, 2.24) is 4.90 Å². The van der Waals surface area contributed by atoms with E-state index in [4.69, 9.17) is 0 Å². The van der Waals surface area contributed by atoms with Crippen LogP contribution in [0.1, 0.15) is 226 Å². The average Bonchev–Trinajstić information content (AvgIpc) is 3.00. The van der Waals surface area contributed by atoms with E-state index in [0.29, 0.717) is 0 Å². The van der Waals surface area contributed by atoms with Gasteiger partial charge in [-0.05, 0) is 25.8 Å². The predicted molar refractivity (Wildman–Crippen MR) is 193 cm³/mol. The van der Waals surface area contributed by atoms with Crippen LogP contribution in [0.3, 0.4) is 0 Å². The maximum Gasteiger partial charge on any atom is 0.0667 e. The summed E-state index contributed by atoms with van der Waals surface area (Å²) in [5, 5.41) is 21.7. The molecule has 0 radical (unpaired) electrons. The number of aliphatic hydroxyl groups excluding tert-OH is 2. The van der Waals surface area contributed by atoms with Crippen LogP contribution in [-0.2, 0) is 0 Å². The molecule has 0 aliphatic rings. The van der Waals surface area contributed by atoms with E-state index < -0.39 is 0 Å². The van der Waals surface area contributed by atoms with E-state index in [1.807, 2.05) is 0 Å². The standard InChI is InChI=1S/C40H83NO2/c1-4-7-10-13-16-19-22-25-28-31-34-39(42)37-41(36-33-30-27-24-21-18-15-12-9-6-3)38-40(43)35-32-29-26-23-20-17-14-11-8-5-2/h39-40,42-43H,4-38H2,1-3H3. The van der Waals surface area contributed by atoms with E-state index in [2.05, 4.69) is 25.7 Å². The summed E-state index contributed by atoms with van der Waals surface area (Å²) in [5.41, 5.74) is 0. The Morgan fingerprint density at radius 3 is 0.837 bits per heavy atom. The fraction of sp³-hybridized carbons (Fsp3) is 1.00. The molecule has 260 valence electrons. The van der Waals surface area contributed by atoms with Crippen LogP contribution in [-0.4, -0.2) is 47.0 Å². The molecule has 3 heteroatoms. The van der Waals surface area contributed by atoms with Crippen LogP contribution in [0.2, 0.25) is 0 Å². The van der Waals surface area contributed by atoms with Gasteiger partial charge in [0.15, 0.2) is 0 Å². The van der Waals surface area contributed by atoms with Crippen molar-refractivity contribution < 1.29 is 10.2 Å². The van der Waals surface area contributed by atoms with Gasteiger partial charge >= 0.3 is 0 Å². The van der Waals surface area contributed by atoms with Gasteiger partial charge in [-0.2, -0.15) is 0 Å². The molecule has 0 saturated carbocycles. The first kappa shape index (κ1) is 42.9. The van der Waals surface area contributed by atoms with Crippen LogP contribution in [0.4, 0.5) is 0 Å². The van der Waals surface area contributed by atoms with Crippen LogP contribution in [0.15, 0.2) is 0 Å². The summed E-state index contributed by atoms with van der Waals surface area (Å²) >= 11 is 0. The van der Waals surface area contributed by atoms with Crippen molar-refractivity contribution >= 4 is 0 Å². The van der Waals surface area contributed by atoms with Crippen LogP contribution in [0.5, 0.6) is 0 Å². The molecule has 0 aliphatic heterocycles. The number of nitrogens with zero attached hydrogens (tertiary/aromatic N) is 1. The Labute approximate surface area is 272 Å². The molecule has 2 unspecified atom stereocenters. The summed E-state index contributed by atoms with van der Waals surface area (Å²) in [6, 6.07) is 0. The molecule has 2 N–H and O–H groups in total. The molecule has 0 aromatic rings. The Kier molecular flexibility index (Phi) is 36.2. The Morgan fingerprint density at radius 2 is 0.558 bits per heavy atom. The zero-order chi connectivity index (χ0) is 31.5. The van der Waals surface area contributed by atoms with Crippen molar-refractivity contribution in [3.63, 3.8) is 0 Å². The number of unbranched alkanes of at least 4 members (excludes halogenated alkanes) is 27. The number of hydrogen-bond donors (Lipinski definition) is 2. The average molecular weight is 610 g/mol. The van der Waals surface area contributed by atoms with Crippen LogP contribution >= 0.6 is 0 Å². The second kappa shape index (κ2) is 36.3. The van der Waals surface area contributed by atoms with E-state index in [0.717, 1.165) is 45.3 Å². The van der Waals surface area contributed by atoms with Crippen LogP contribution in [0, 0.1) is 0 Å². The van der Waals surface area contributed by atoms with Crippen LogP contribution in [0.25, 0.3) is 0 Å². The predicted octanol–water partition coefficient (Wildman–Crippen LogP) is 12.6. The lowest BCUT2D eigenvalue weighted by atomic mass is 10.0.